The number of amides is 1. The molecule has 4 heterocycles. The van der Waals surface area contributed by atoms with Gasteiger partial charge in [-0.05, 0) is 72.5 Å². The summed E-state index contributed by atoms with van der Waals surface area (Å²) in [5, 5.41) is 15.8. The van der Waals surface area contributed by atoms with Crippen LogP contribution in [0, 0.1) is 30.4 Å². The van der Waals surface area contributed by atoms with Gasteiger partial charge in [0.1, 0.15) is 17.5 Å². The summed E-state index contributed by atoms with van der Waals surface area (Å²) in [5.74, 6) is -1.87. The van der Waals surface area contributed by atoms with Crippen LogP contribution in [0.1, 0.15) is 11.1 Å². The van der Waals surface area contributed by atoms with Crippen molar-refractivity contribution in [2.75, 3.05) is 18.4 Å². The summed E-state index contributed by atoms with van der Waals surface area (Å²) < 4.78 is 57.0. The summed E-state index contributed by atoms with van der Waals surface area (Å²) >= 11 is 0. The summed E-state index contributed by atoms with van der Waals surface area (Å²) in [5.41, 5.74) is 2.34. The molecule has 1 amide bonds. The first kappa shape index (κ1) is 26.3. The number of carbonyl (C=O) groups excluding carboxylic acids is 1. The second-order valence-corrected chi connectivity index (χ2v) is 12.6. The van der Waals surface area contributed by atoms with E-state index in [0.29, 0.717) is 5.69 Å². The zero-order valence-corrected chi connectivity index (χ0v) is 23.3. The van der Waals surface area contributed by atoms with Gasteiger partial charge >= 0.3 is 0 Å². The fraction of sp³-hybridized carbons (Fsp3) is 0.250. The highest BCUT2D eigenvalue weighted by Crippen LogP contribution is 2.65. The first-order valence-electron chi connectivity index (χ1n) is 13.1. The van der Waals surface area contributed by atoms with Crippen LogP contribution in [0.25, 0.3) is 16.6 Å². The standard InChI is InChI=1S/C28H24F2N8O3S/c1-16-9-23-17(11-33-38(23)20-6-3-18(29)4-7-20)10-21(16)28-15-37(42(40,41)25-13-32-36(2)35-25)14-22(28)26(28)27(39)34-24-8-5-19(30)12-31-24/h3-13,22,26H,14-15H2,1-2H3,(H,31,34,39). The van der Waals surface area contributed by atoms with Gasteiger partial charge in [0.05, 0.1) is 35.7 Å². The van der Waals surface area contributed by atoms with E-state index in [1.807, 2.05) is 19.1 Å². The van der Waals surface area contributed by atoms with Crippen LogP contribution in [0.2, 0.25) is 0 Å². The Morgan fingerprint density at radius 3 is 2.48 bits per heavy atom. The minimum Gasteiger partial charge on any atom is -0.310 e. The van der Waals surface area contributed by atoms with Crippen LogP contribution in [0.15, 0.2) is 72.1 Å². The number of nitrogens with zero attached hydrogens (tertiary/aromatic N) is 7. The monoisotopic (exact) mass is 590 g/mol. The van der Waals surface area contributed by atoms with Crippen molar-refractivity contribution in [3.05, 3.63) is 89.9 Å². The lowest BCUT2D eigenvalue weighted by molar-refractivity contribution is -0.118. The van der Waals surface area contributed by atoms with Crippen LogP contribution < -0.4 is 5.32 Å². The van der Waals surface area contributed by atoms with Crippen molar-refractivity contribution < 1.29 is 22.0 Å². The maximum atomic E-state index is 13.6. The molecule has 2 aromatic carbocycles. The van der Waals surface area contributed by atoms with Gasteiger partial charge in [-0.15, -0.1) is 5.10 Å². The van der Waals surface area contributed by atoms with Crippen LogP contribution in [-0.4, -0.2) is 61.5 Å². The highest BCUT2D eigenvalue weighted by Gasteiger charge is 2.74. The number of hydrogen-bond acceptors (Lipinski definition) is 7. The number of aromatic nitrogens is 6. The van der Waals surface area contributed by atoms with E-state index >= 15 is 0 Å². The molecule has 42 heavy (non-hydrogen) atoms. The number of halogens is 2. The molecule has 7 rings (SSSR count). The number of piperidine rings is 1. The molecule has 1 saturated carbocycles. The third kappa shape index (κ3) is 4.01. The lowest BCUT2D eigenvalue weighted by Crippen LogP contribution is -2.37. The molecule has 5 aromatic rings. The van der Waals surface area contributed by atoms with E-state index in [1.165, 1.54) is 46.6 Å². The summed E-state index contributed by atoms with van der Waals surface area (Å²) in [6, 6.07) is 12.5. The molecule has 1 aliphatic carbocycles. The lowest BCUT2D eigenvalue weighted by atomic mass is 9.88. The average molecular weight is 591 g/mol. The lowest BCUT2D eigenvalue weighted by Gasteiger charge is -2.24. The van der Waals surface area contributed by atoms with Crippen LogP contribution in [0.3, 0.4) is 0 Å². The van der Waals surface area contributed by atoms with Crippen LogP contribution in [-0.2, 0) is 27.3 Å². The van der Waals surface area contributed by atoms with Crippen molar-refractivity contribution in [1.29, 1.82) is 0 Å². The zero-order valence-electron chi connectivity index (χ0n) is 22.4. The van der Waals surface area contributed by atoms with E-state index in [0.717, 1.165) is 28.2 Å². The Labute approximate surface area is 238 Å². The number of rotatable bonds is 6. The number of nitrogens with one attached hydrogen (secondary N) is 1. The molecular formula is C28H24F2N8O3S. The third-order valence-electron chi connectivity index (χ3n) is 8.28. The fourth-order valence-corrected chi connectivity index (χ4v) is 7.74. The van der Waals surface area contributed by atoms with Crippen molar-refractivity contribution in [2.45, 2.75) is 17.4 Å². The summed E-state index contributed by atoms with van der Waals surface area (Å²) in [6.45, 7) is 2.08. The smallest absolute Gasteiger partial charge is 0.264 e. The summed E-state index contributed by atoms with van der Waals surface area (Å²) in [6.07, 6.45) is 3.92. The van der Waals surface area contributed by atoms with E-state index in [1.54, 1.807) is 23.0 Å². The normalized spacial score (nSPS) is 21.9. The second kappa shape index (κ2) is 9.22. The predicted molar refractivity (Wildman–Crippen MR) is 147 cm³/mol. The number of sulfonamides is 1. The Kier molecular flexibility index (Phi) is 5.79. The maximum Gasteiger partial charge on any atom is 0.264 e. The van der Waals surface area contributed by atoms with Crippen molar-refractivity contribution >= 4 is 32.7 Å². The van der Waals surface area contributed by atoms with Gasteiger partial charge in [-0.2, -0.15) is 19.3 Å². The molecule has 0 radical (unpaired) electrons. The molecule has 1 saturated heterocycles. The van der Waals surface area contributed by atoms with Gasteiger partial charge < -0.3 is 5.32 Å². The number of hydrogen-bond donors (Lipinski definition) is 1. The zero-order chi connectivity index (χ0) is 29.4. The number of carbonyl (C=O) groups is 1. The topological polar surface area (TPSA) is 128 Å². The van der Waals surface area contributed by atoms with Crippen LogP contribution in [0.4, 0.5) is 14.6 Å². The van der Waals surface area contributed by atoms with Crippen molar-refractivity contribution in [1.82, 2.24) is 34.1 Å². The summed E-state index contributed by atoms with van der Waals surface area (Å²) in [4.78, 5) is 18.7. The van der Waals surface area contributed by atoms with Gasteiger partial charge in [-0.1, -0.05) is 0 Å². The molecule has 1 N–H and O–H groups in total. The second-order valence-electron chi connectivity index (χ2n) is 10.7. The van der Waals surface area contributed by atoms with E-state index in [-0.39, 0.29) is 41.6 Å². The van der Waals surface area contributed by atoms with Gasteiger partial charge in [0, 0.05) is 30.9 Å². The Balaban J connectivity index is 1.28. The molecule has 3 atom stereocenters. The molecule has 3 unspecified atom stereocenters. The number of pyridine rings is 1. The Morgan fingerprint density at radius 2 is 1.79 bits per heavy atom. The molecule has 214 valence electrons. The van der Waals surface area contributed by atoms with Crippen LogP contribution >= 0.6 is 0 Å². The Bertz CT molecular complexity index is 1970. The molecule has 0 spiro atoms. The largest absolute Gasteiger partial charge is 0.310 e. The predicted octanol–water partition coefficient (Wildman–Crippen LogP) is 2.96. The third-order valence-corrected chi connectivity index (χ3v) is 9.95. The molecule has 2 aliphatic rings. The van der Waals surface area contributed by atoms with E-state index in [4.69, 9.17) is 0 Å². The molecule has 14 heteroatoms. The van der Waals surface area contributed by atoms with E-state index in [2.05, 4.69) is 25.6 Å². The number of anilines is 1. The Morgan fingerprint density at radius 1 is 1.02 bits per heavy atom. The average Bonchev–Trinajstić information content (AvgIpc) is 3.38. The number of fused-ring (bicyclic) bond motifs is 2. The van der Waals surface area contributed by atoms with Gasteiger partial charge in [0.2, 0.25) is 10.9 Å². The van der Waals surface area contributed by atoms with Crippen LogP contribution in [0.5, 0.6) is 0 Å². The van der Waals surface area contributed by atoms with Gasteiger partial charge in [-0.3, -0.25) is 4.79 Å². The number of benzene rings is 2. The highest BCUT2D eigenvalue weighted by atomic mass is 32.2. The van der Waals surface area contributed by atoms with E-state index < -0.39 is 27.2 Å². The fourth-order valence-electron chi connectivity index (χ4n) is 6.33. The first-order valence-corrected chi connectivity index (χ1v) is 14.6. The van der Waals surface area contributed by atoms with Gasteiger partial charge in [0.25, 0.3) is 10.0 Å². The molecular weight excluding hydrogens is 566 g/mol. The molecule has 3 aromatic heterocycles. The minimum atomic E-state index is -3.96. The minimum absolute atomic E-state index is 0.0595. The number of aryl methyl sites for hydroxylation is 2. The van der Waals surface area contributed by atoms with Gasteiger partial charge in [0.15, 0.2) is 0 Å². The summed E-state index contributed by atoms with van der Waals surface area (Å²) in [7, 11) is -2.43. The Hall–Kier alpha value is -4.56. The molecule has 0 bridgehead atoms. The van der Waals surface area contributed by atoms with Crippen molar-refractivity contribution in [3.8, 4) is 5.69 Å². The molecule has 11 nitrogen and oxygen atoms in total. The SMILES string of the molecule is Cc1cc2c(cnn2-c2ccc(F)cc2)cc1C12CN(S(=O)(=O)c3cnn(C)n3)CC1C2C(=O)Nc1ccc(F)cn1. The van der Waals surface area contributed by atoms with Crippen molar-refractivity contribution in [2.24, 2.45) is 18.9 Å². The van der Waals surface area contributed by atoms with E-state index in [9.17, 15) is 22.0 Å². The first-order chi connectivity index (χ1) is 20.1. The van der Waals surface area contributed by atoms with Gasteiger partial charge in [-0.25, -0.2) is 26.9 Å². The van der Waals surface area contributed by atoms with Crippen molar-refractivity contribution in [3.63, 3.8) is 0 Å². The molecule has 2 fully saturated rings. The highest BCUT2D eigenvalue weighted by molar-refractivity contribution is 7.89. The quantitative estimate of drug-likeness (QED) is 0.322. The molecule has 1 aliphatic heterocycles. The maximum absolute atomic E-state index is 13.6.